The van der Waals surface area contributed by atoms with Crippen LogP contribution in [-0.4, -0.2) is 17.6 Å². The second kappa shape index (κ2) is 4.43. The van der Waals surface area contributed by atoms with Crippen LogP contribution in [0.1, 0.15) is 39.4 Å². The summed E-state index contributed by atoms with van der Waals surface area (Å²) in [6, 6.07) is 3.52. The van der Waals surface area contributed by atoms with Crippen molar-refractivity contribution in [1.29, 1.82) is 0 Å². The fraction of sp³-hybridized carbons (Fsp3) is 0.643. The van der Waals surface area contributed by atoms with Crippen molar-refractivity contribution >= 4 is 5.91 Å². The lowest BCUT2D eigenvalue weighted by Gasteiger charge is -2.28. The average molecular weight is 251 g/mol. The Morgan fingerprint density at radius 1 is 1.50 bits per heavy atom. The highest BCUT2D eigenvalue weighted by Crippen LogP contribution is 2.45. The van der Waals surface area contributed by atoms with Crippen LogP contribution in [0.3, 0.4) is 0 Å². The smallest absolute Gasteiger partial charge is 0.225 e. The number of carbonyl (C=O) groups is 1. The van der Waals surface area contributed by atoms with Gasteiger partial charge in [0.05, 0.1) is 12.8 Å². The topological polar surface area (TPSA) is 62.5 Å². The van der Waals surface area contributed by atoms with Gasteiger partial charge in [0.2, 0.25) is 5.91 Å². The van der Waals surface area contributed by atoms with E-state index in [1.54, 1.807) is 18.4 Å². The van der Waals surface area contributed by atoms with Crippen LogP contribution in [0.15, 0.2) is 22.8 Å². The minimum absolute atomic E-state index is 0.0619. The van der Waals surface area contributed by atoms with Crippen molar-refractivity contribution in [2.24, 2.45) is 11.3 Å². The molecule has 1 saturated carbocycles. The molecule has 4 nitrogen and oxygen atoms in total. The summed E-state index contributed by atoms with van der Waals surface area (Å²) >= 11 is 0. The summed E-state index contributed by atoms with van der Waals surface area (Å²) < 4.78 is 5.32. The van der Waals surface area contributed by atoms with Crippen molar-refractivity contribution < 1.29 is 14.3 Å². The van der Waals surface area contributed by atoms with E-state index in [9.17, 15) is 9.90 Å². The molecule has 18 heavy (non-hydrogen) atoms. The van der Waals surface area contributed by atoms with E-state index in [4.69, 9.17) is 4.42 Å². The zero-order valence-corrected chi connectivity index (χ0v) is 11.2. The van der Waals surface area contributed by atoms with Crippen LogP contribution in [0.2, 0.25) is 0 Å². The first kappa shape index (κ1) is 13.1. The van der Waals surface area contributed by atoms with E-state index < -0.39 is 11.0 Å². The molecule has 2 rings (SSSR count). The van der Waals surface area contributed by atoms with Crippen molar-refractivity contribution in [2.45, 2.75) is 39.2 Å². The van der Waals surface area contributed by atoms with E-state index in [0.717, 1.165) is 12.8 Å². The minimum Gasteiger partial charge on any atom is -0.466 e. The maximum absolute atomic E-state index is 11.9. The number of rotatable bonds is 4. The van der Waals surface area contributed by atoms with Gasteiger partial charge in [-0.05, 0) is 30.9 Å². The third-order valence-corrected chi connectivity index (χ3v) is 3.40. The Morgan fingerprint density at radius 2 is 2.17 bits per heavy atom. The standard InChI is InChI=1S/C14H21NO3/c1-13(2,3)12(16)15-9-14(17,10-6-7-10)11-5-4-8-18-11/h4-5,8,10,17H,6-7,9H2,1-3H3,(H,15,16). The summed E-state index contributed by atoms with van der Waals surface area (Å²) in [5, 5.41) is 13.5. The zero-order chi connectivity index (χ0) is 13.4. The minimum atomic E-state index is -1.07. The van der Waals surface area contributed by atoms with Gasteiger partial charge in [-0.3, -0.25) is 4.79 Å². The molecular weight excluding hydrogens is 230 g/mol. The highest BCUT2D eigenvalue weighted by atomic mass is 16.4. The predicted octanol–water partition coefficient (Wildman–Crippen LogP) is 2.04. The van der Waals surface area contributed by atoms with Gasteiger partial charge in [0, 0.05) is 5.41 Å². The SMILES string of the molecule is CC(C)(C)C(=O)NCC(O)(c1ccco1)C1CC1. The van der Waals surface area contributed by atoms with Gasteiger partial charge in [-0.25, -0.2) is 0 Å². The molecule has 0 aromatic carbocycles. The highest BCUT2D eigenvalue weighted by Gasteiger charge is 2.47. The summed E-state index contributed by atoms with van der Waals surface area (Å²) in [5.74, 6) is 0.663. The third kappa shape index (κ3) is 2.58. The number of carbonyl (C=O) groups excluding carboxylic acids is 1. The van der Waals surface area contributed by atoms with Crippen LogP contribution < -0.4 is 5.32 Å². The first-order valence-electron chi connectivity index (χ1n) is 6.39. The quantitative estimate of drug-likeness (QED) is 0.860. The van der Waals surface area contributed by atoms with E-state index in [-0.39, 0.29) is 18.4 Å². The summed E-state index contributed by atoms with van der Waals surface area (Å²) in [4.78, 5) is 11.9. The molecule has 0 radical (unpaired) electrons. The van der Waals surface area contributed by atoms with Gasteiger partial charge in [0.1, 0.15) is 11.4 Å². The fourth-order valence-corrected chi connectivity index (χ4v) is 2.00. The molecule has 1 atom stereocenters. The maximum Gasteiger partial charge on any atom is 0.225 e. The van der Waals surface area contributed by atoms with Crippen LogP contribution >= 0.6 is 0 Å². The third-order valence-electron chi connectivity index (χ3n) is 3.40. The molecule has 1 aromatic heterocycles. The summed E-state index contributed by atoms with van der Waals surface area (Å²) in [6.45, 7) is 5.77. The van der Waals surface area contributed by atoms with Crippen LogP contribution in [0.5, 0.6) is 0 Å². The van der Waals surface area contributed by atoms with Gasteiger partial charge < -0.3 is 14.8 Å². The molecule has 0 saturated heterocycles. The number of nitrogens with one attached hydrogen (secondary N) is 1. The van der Waals surface area contributed by atoms with Crippen molar-refractivity contribution in [3.05, 3.63) is 24.2 Å². The van der Waals surface area contributed by atoms with Crippen LogP contribution in [0.25, 0.3) is 0 Å². The first-order chi connectivity index (χ1) is 8.34. The molecule has 4 heteroatoms. The summed E-state index contributed by atoms with van der Waals surface area (Å²) in [5.41, 5.74) is -1.52. The lowest BCUT2D eigenvalue weighted by molar-refractivity contribution is -0.130. The molecule has 1 aromatic rings. The van der Waals surface area contributed by atoms with E-state index in [0.29, 0.717) is 5.76 Å². The highest BCUT2D eigenvalue weighted by molar-refractivity contribution is 5.81. The van der Waals surface area contributed by atoms with E-state index in [2.05, 4.69) is 5.32 Å². The summed E-state index contributed by atoms with van der Waals surface area (Å²) in [6.07, 6.45) is 3.50. The Labute approximate surface area is 107 Å². The molecule has 1 aliphatic carbocycles. The Bertz CT molecular complexity index is 415. The fourth-order valence-electron chi connectivity index (χ4n) is 2.00. The van der Waals surface area contributed by atoms with Crippen LogP contribution in [0.4, 0.5) is 0 Å². The lowest BCUT2D eigenvalue weighted by atomic mass is 9.92. The van der Waals surface area contributed by atoms with Gasteiger partial charge in [-0.15, -0.1) is 0 Å². The van der Waals surface area contributed by atoms with Crippen molar-refractivity contribution in [3.63, 3.8) is 0 Å². The molecule has 2 N–H and O–H groups in total. The van der Waals surface area contributed by atoms with E-state index in [1.807, 2.05) is 20.8 Å². The molecule has 0 bridgehead atoms. The normalized spacial score (nSPS) is 19.3. The number of hydrogen-bond acceptors (Lipinski definition) is 3. The van der Waals surface area contributed by atoms with Gasteiger partial charge >= 0.3 is 0 Å². The number of aliphatic hydroxyl groups is 1. The van der Waals surface area contributed by atoms with E-state index >= 15 is 0 Å². The Morgan fingerprint density at radius 3 is 2.61 bits per heavy atom. The Kier molecular flexibility index (Phi) is 3.23. The average Bonchev–Trinajstić information content (AvgIpc) is 3.00. The molecule has 100 valence electrons. The molecule has 1 aliphatic rings. The molecule has 1 heterocycles. The lowest BCUT2D eigenvalue weighted by Crippen LogP contribution is -2.45. The largest absolute Gasteiger partial charge is 0.466 e. The number of amides is 1. The first-order valence-corrected chi connectivity index (χ1v) is 6.39. The predicted molar refractivity (Wildman–Crippen MR) is 67.8 cm³/mol. The van der Waals surface area contributed by atoms with E-state index in [1.165, 1.54) is 0 Å². The molecule has 1 fully saturated rings. The monoisotopic (exact) mass is 251 g/mol. The van der Waals surface area contributed by atoms with Crippen molar-refractivity contribution in [1.82, 2.24) is 5.32 Å². The second-order valence-electron chi connectivity index (χ2n) is 6.11. The molecule has 1 amide bonds. The van der Waals surface area contributed by atoms with Crippen LogP contribution in [-0.2, 0) is 10.4 Å². The maximum atomic E-state index is 11.9. The van der Waals surface area contributed by atoms with Gasteiger partial charge in [-0.2, -0.15) is 0 Å². The molecule has 0 spiro atoms. The van der Waals surface area contributed by atoms with Crippen LogP contribution in [0, 0.1) is 11.3 Å². The van der Waals surface area contributed by atoms with Crippen molar-refractivity contribution in [2.75, 3.05) is 6.54 Å². The molecular formula is C14H21NO3. The summed E-state index contributed by atoms with van der Waals surface area (Å²) in [7, 11) is 0. The van der Waals surface area contributed by atoms with Gasteiger partial charge in [-0.1, -0.05) is 20.8 Å². The van der Waals surface area contributed by atoms with Gasteiger partial charge in [0.15, 0.2) is 0 Å². The number of hydrogen-bond donors (Lipinski definition) is 2. The molecule has 0 aliphatic heterocycles. The number of furan rings is 1. The second-order valence-corrected chi connectivity index (χ2v) is 6.11. The van der Waals surface area contributed by atoms with Gasteiger partial charge in [0.25, 0.3) is 0 Å². The Balaban J connectivity index is 2.06. The zero-order valence-electron chi connectivity index (χ0n) is 11.2. The Hall–Kier alpha value is -1.29. The molecule has 1 unspecified atom stereocenters. The van der Waals surface area contributed by atoms with Crippen molar-refractivity contribution in [3.8, 4) is 0 Å².